The molecule has 0 fully saturated rings. The molecule has 2 aromatic carbocycles. The van der Waals surface area contributed by atoms with Crippen LogP contribution in [0.1, 0.15) is 22.3 Å². The lowest BCUT2D eigenvalue weighted by atomic mass is 10.2. The number of nitrogens with zero attached hydrogens (tertiary/aromatic N) is 5. The molecule has 9 nitrogen and oxygen atoms in total. The first-order chi connectivity index (χ1) is 17.5. The van der Waals surface area contributed by atoms with Crippen molar-refractivity contribution in [3.63, 3.8) is 0 Å². The Morgan fingerprint density at radius 2 is 1.97 bits per heavy atom. The number of fused-ring (bicyclic) bond motifs is 1. The predicted molar refractivity (Wildman–Crippen MR) is 140 cm³/mol. The minimum absolute atomic E-state index is 0.155. The number of likely N-dealkylation sites (N-methyl/N-ethyl adjacent to an activating group) is 1. The van der Waals surface area contributed by atoms with Crippen LogP contribution < -0.4 is 14.5 Å². The number of thioether (sulfide) groups is 1. The van der Waals surface area contributed by atoms with Crippen molar-refractivity contribution in [2.45, 2.75) is 18.1 Å². The molecule has 4 rings (SSSR count). The van der Waals surface area contributed by atoms with E-state index in [0.717, 1.165) is 11.3 Å². The molecule has 0 saturated carbocycles. The van der Waals surface area contributed by atoms with Crippen LogP contribution in [0.25, 0.3) is 0 Å². The van der Waals surface area contributed by atoms with Gasteiger partial charge in [0.25, 0.3) is 5.91 Å². The third-order valence-electron chi connectivity index (χ3n) is 5.88. The van der Waals surface area contributed by atoms with Gasteiger partial charge in [0, 0.05) is 51.2 Å². The molecule has 0 radical (unpaired) electrons. The summed E-state index contributed by atoms with van der Waals surface area (Å²) in [6.45, 7) is 2.17. The molecule has 1 aliphatic rings. The second-order valence-electron chi connectivity index (χ2n) is 8.36. The first-order valence-electron chi connectivity index (χ1n) is 11.6. The highest BCUT2D eigenvalue weighted by Crippen LogP contribution is 2.28. The number of hydrogen-bond acceptors (Lipinski definition) is 7. The summed E-state index contributed by atoms with van der Waals surface area (Å²) in [6.07, 6.45) is 3.08. The summed E-state index contributed by atoms with van der Waals surface area (Å²) in [7, 11) is 1.92. The minimum atomic E-state index is -0.959. The largest absolute Gasteiger partial charge is 0.493 e. The van der Waals surface area contributed by atoms with Crippen LogP contribution in [0.15, 0.2) is 66.0 Å². The summed E-state index contributed by atoms with van der Waals surface area (Å²) < 4.78 is 5.91. The maximum Gasteiger partial charge on any atom is 0.407 e. The SMILES string of the molecule is CSc1ncc2c(n1)N(C)CCN(c1cccc(OCCCN(Cc3ccccc3)C(=O)O)c1)C2=O. The molecule has 3 aromatic rings. The molecular weight excluding hydrogens is 478 g/mol. The number of amides is 2. The Hall–Kier alpha value is -3.79. The lowest BCUT2D eigenvalue weighted by Crippen LogP contribution is -2.33. The molecule has 0 atom stereocenters. The summed E-state index contributed by atoms with van der Waals surface area (Å²) in [5.74, 6) is 1.10. The number of carboxylic acid groups (broad SMARTS) is 1. The highest BCUT2D eigenvalue weighted by Gasteiger charge is 2.28. The smallest absolute Gasteiger partial charge is 0.407 e. The van der Waals surface area contributed by atoms with Crippen molar-refractivity contribution in [1.29, 1.82) is 0 Å². The molecule has 0 saturated heterocycles. The molecule has 0 aliphatic carbocycles. The van der Waals surface area contributed by atoms with Crippen molar-refractivity contribution < 1.29 is 19.4 Å². The van der Waals surface area contributed by atoms with Crippen molar-refractivity contribution in [2.24, 2.45) is 0 Å². The Labute approximate surface area is 214 Å². The van der Waals surface area contributed by atoms with E-state index >= 15 is 0 Å². The third kappa shape index (κ3) is 6.06. The standard InChI is InChI=1S/C26H29N5O4S/c1-29-13-14-31(24(32)22-17-27-25(36-2)28-23(22)29)20-10-6-11-21(16-20)35-15-7-12-30(26(33)34)18-19-8-4-3-5-9-19/h3-6,8-11,16-17H,7,12-15,18H2,1-2H3,(H,33,34). The van der Waals surface area contributed by atoms with E-state index in [1.165, 1.54) is 16.7 Å². The van der Waals surface area contributed by atoms with Gasteiger partial charge in [-0.15, -0.1) is 0 Å². The van der Waals surface area contributed by atoms with E-state index in [4.69, 9.17) is 4.74 Å². The predicted octanol–water partition coefficient (Wildman–Crippen LogP) is 4.24. The number of anilines is 2. The van der Waals surface area contributed by atoms with Crippen molar-refractivity contribution >= 4 is 35.3 Å². The van der Waals surface area contributed by atoms with Crippen LogP contribution in [0.2, 0.25) is 0 Å². The van der Waals surface area contributed by atoms with E-state index in [-0.39, 0.29) is 5.91 Å². The summed E-state index contributed by atoms with van der Waals surface area (Å²) in [5.41, 5.74) is 2.13. The average Bonchev–Trinajstić information content (AvgIpc) is 3.02. The summed E-state index contributed by atoms with van der Waals surface area (Å²) in [4.78, 5) is 38.9. The van der Waals surface area contributed by atoms with Gasteiger partial charge in [-0.3, -0.25) is 4.79 Å². The minimum Gasteiger partial charge on any atom is -0.493 e. The van der Waals surface area contributed by atoms with Gasteiger partial charge in [-0.2, -0.15) is 0 Å². The topological polar surface area (TPSA) is 99.1 Å². The summed E-state index contributed by atoms with van der Waals surface area (Å²) >= 11 is 1.44. The van der Waals surface area contributed by atoms with Gasteiger partial charge in [0.15, 0.2) is 5.16 Å². The van der Waals surface area contributed by atoms with Crippen molar-refractivity contribution in [3.05, 3.63) is 71.9 Å². The van der Waals surface area contributed by atoms with Crippen LogP contribution in [0.4, 0.5) is 16.3 Å². The lowest BCUT2D eigenvalue weighted by Gasteiger charge is -2.22. The number of aromatic nitrogens is 2. The van der Waals surface area contributed by atoms with E-state index in [0.29, 0.717) is 61.5 Å². The van der Waals surface area contributed by atoms with Crippen LogP contribution in [0.3, 0.4) is 0 Å². The number of carbonyl (C=O) groups excluding carboxylic acids is 1. The number of ether oxygens (including phenoxy) is 1. The molecule has 2 heterocycles. The van der Waals surface area contributed by atoms with Gasteiger partial charge in [-0.05, 0) is 30.4 Å². The molecule has 0 bridgehead atoms. The molecule has 0 unspecified atom stereocenters. The number of carbonyl (C=O) groups is 2. The Morgan fingerprint density at radius 3 is 2.72 bits per heavy atom. The Balaban J connectivity index is 1.38. The van der Waals surface area contributed by atoms with Gasteiger partial charge in [0.05, 0.1) is 6.61 Å². The van der Waals surface area contributed by atoms with Gasteiger partial charge in [-0.25, -0.2) is 14.8 Å². The summed E-state index contributed by atoms with van der Waals surface area (Å²) in [5, 5.41) is 10.2. The Morgan fingerprint density at radius 1 is 1.17 bits per heavy atom. The van der Waals surface area contributed by atoms with E-state index in [2.05, 4.69) is 9.97 Å². The van der Waals surface area contributed by atoms with Crippen LogP contribution in [0, 0.1) is 0 Å². The van der Waals surface area contributed by atoms with Crippen molar-refractivity contribution in [3.8, 4) is 5.75 Å². The molecular formula is C26H29N5O4S. The first kappa shape index (κ1) is 25.3. The Bertz CT molecular complexity index is 1210. The fraction of sp³-hybridized carbons (Fsp3) is 0.308. The quantitative estimate of drug-likeness (QED) is 0.261. The van der Waals surface area contributed by atoms with Crippen molar-refractivity contribution in [2.75, 3.05) is 49.3 Å². The second kappa shape index (κ2) is 11.8. The lowest BCUT2D eigenvalue weighted by molar-refractivity contribution is 0.0989. The van der Waals surface area contributed by atoms with Crippen LogP contribution in [-0.4, -0.2) is 71.5 Å². The van der Waals surface area contributed by atoms with E-state index in [9.17, 15) is 14.7 Å². The maximum absolute atomic E-state index is 13.4. The molecule has 1 aliphatic heterocycles. The zero-order valence-electron chi connectivity index (χ0n) is 20.3. The molecule has 0 spiro atoms. The normalized spacial score (nSPS) is 13.2. The molecule has 36 heavy (non-hydrogen) atoms. The monoisotopic (exact) mass is 507 g/mol. The maximum atomic E-state index is 13.4. The molecule has 10 heteroatoms. The van der Waals surface area contributed by atoms with Crippen LogP contribution >= 0.6 is 11.8 Å². The first-order valence-corrected chi connectivity index (χ1v) is 12.9. The molecule has 2 amide bonds. The van der Waals surface area contributed by atoms with Gasteiger partial charge in [0.1, 0.15) is 17.1 Å². The number of benzene rings is 2. The van der Waals surface area contributed by atoms with E-state index in [1.54, 1.807) is 11.1 Å². The summed E-state index contributed by atoms with van der Waals surface area (Å²) in [6, 6.07) is 16.9. The number of rotatable bonds is 9. The number of hydrogen-bond donors (Lipinski definition) is 1. The highest BCUT2D eigenvalue weighted by molar-refractivity contribution is 7.98. The average molecular weight is 508 g/mol. The van der Waals surface area contributed by atoms with Gasteiger partial charge in [0.2, 0.25) is 0 Å². The fourth-order valence-corrected chi connectivity index (χ4v) is 4.32. The van der Waals surface area contributed by atoms with Gasteiger partial charge >= 0.3 is 6.09 Å². The van der Waals surface area contributed by atoms with Crippen LogP contribution in [0.5, 0.6) is 5.75 Å². The second-order valence-corrected chi connectivity index (χ2v) is 9.13. The molecule has 1 N–H and O–H groups in total. The zero-order chi connectivity index (χ0) is 25.5. The van der Waals surface area contributed by atoms with Crippen molar-refractivity contribution in [1.82, 2.24) is 14.9 Å². The Kier molecular flexibility index (Phi) is 8.27. The van der Waals surface area contributed by atoms with E-state index < -0.39 is 6.09 Å². The van der Waals surface area contributed by atoms with Crippen LogP contribution in [-0.2, 0) is 6.54 Å². The van der Waals surface area contributed by atoms with E-state index in [1.807, 2.05) is 72.8 Å². The molecule has 1 aromatic heterocycles. The molecule has 188 valence electrons. The fourth-order valence-electron chi connectivity index (χ4n) is 3.98. The highest BCUT2D eigenvalue weighted by atomic mass is 32.2. The third-order valence-corrected chi connectivity index (χ3v) is 6.44. The zero-order valence-corrected chi connectivity index (χ0v) is 21.1. The van der Waals surface area contributed by atoms with Gasteiger partial charge < -0.3 is 24.5 Å². The van der Waals surface area contributed by atoms with Gasteiger partial charge in [-0.1, -0.05) is 48.2 Å².